The Morgan fingerprint density at radius 2 is 1.96 bits per heavy atom. The summed E-state index contributed by atoms with van der Waals surface area (Å²) in [4.78, 5) is 31.3. The highest BCUT2D eigenvalue weighted by Gasteiger charge is 2.26. The number of fused-ring (bicyclic) bond motifs is 1. The highest BCUT2D eigenvalue weighted by Crippen LogP contribution is 2.24. The lowest BCUT2D eigenvalue weighted by Crippen LogP contribution is -2.40. The van der Waals surface area contributed by atoms with Gasteiger partial charge in [0.1, 0.15) is 5.58 Å². The summed E-state index contributed by atoms with van der Waals surface area (Å²) < 4.78 is 7.39. The monoisotopic (exact) mass is 379 g/mol. The molecule has 0 saturated carbocycles. The largest absolute Gasteiger partial charge is 0.451 e. The van der Waals surface area contributed by atoms with Crippen molar-refractivity contribution in [2.24, 2.45) is 5.92 Å². The van der Waals surface area contributed by atoms with E-state index in [1.165, 1.54) is 0 Å². The van der Waals surface area contributed by atoms with Crippen LogP contribution in [0.5, 0.6) is 0 Å². The van der Waals surface area contributed by atoms with Crippen LogP contribution in [-0.2, 0) is 6.54 Å². The molecule has 6 heteroatoms. The van der Waals surface area contributed by atoms with E-state index in [9.17, 15) is 9.59 Å². The molecule has 0 spiro atoms. The number of carbonyl (C=O) groups is 1. The van der Waals surface area contributed by atoms with Gasteiger partial charge in [-0.1, -0.05) is 32.0 Å². The second kappa shape index (κ2) is 7.62. The number of hydrogen-bond acceptors (Lipinski definition) is 4. The Kier molecular flexibility index (Phi) is 5.03. The maximum atomic E-state index is 12.8. The number of hydrogen-bond donors (Lipinski definition) is 0. The molecule has 3 heterocycles. The second-order valence-electron chi connectivity index (χ2n) is 7.84. The molecule has 1 aliphatic heterocycles. The first kappa shape index (κ1) is 18.5. The summed E-state index contributed by atoms with van der Waals surface area (Å²) in [5.41, 5.74) is 1.56. The van der Waals surface area contributed by atoms with E-state index < -0.39 is 0 Å². The molecule has 1 amide bonds. The third-order valence-electron chi connectivity index (χ3n) is 5.49. The fourth-order valence-electron chi connectivity index (χ4n) is 3.73. The van der Waals surface area contributed by atoms with Crippen LogP contribution in [0.1, 0.15) is 48.9 Å². The molecule has 2 aromatic heterocycles. The molecule has 1 fully saturated rings. The highest BCUT2D eigenvalue weighted by atomic mass is 16.3. The van der Waals surface area contributed by atoms with E-state index in [1.807, 2.05) is 49.1 Å². The van der Waals surface area contributed by atoms with Crippen LogP contribution in [0.2, 0.25) is 0 Å². The van der Waals surface area contributed by atoms with Crippen molar-refractivity contribution in [2.45, 2.75) is 39.2 Å². The average Bonchev–Trinajstić information content (AvgIpc) is 3.13. The van der Waals surface area contributed by atoms with Gasteiger partial charge in [0.05, 0.1) is 12.0 Å². The Morgan fingerprint density at radius 3 is 2.64 bits per heavy atom. The number of piperidine rings is 1. The lowest BCUT2D eigenvalue weighted by atomic mass is 9.96. The molecule has 146 valence electrons. The minimum absolute atomic E-state index is 0.000480. The lowest BCUT2D eigenvalue weighted by molar-refractivity contribution is 0.0652. The molecule has 28 heavy (non-hydrogen) atoms. The van der Waals surface area contributed by atoms with Gasteiger partial charge in [0.2, 0.25) is 0 Å². The SMILES string of the molecule is CC(C)c1cc(=O)n(CC2CCN(C(=O)c3cc4ccccc4o3)CC2)cn1. The van der Waals surface area contributed by atoms with Crippen LogP contribution in [0, 0.1) is 5.92 Å². The van der Waals surface area contributed by atoms with Gasteiger partial charge in [0.15, 0.2) is 5.76 Å². The second-order valence-corrected chi connectivity index (χ2v) is 7.84. The summed E-state index contributed by atoms with van der Waals surface area (Å²) in [6.45, 7) is 6.05. The number of carbonyl (C=O) groups excluding carboxylic acids is 1. The van der Waals surface area contributed by atoms with Crippen LogP contribution in [-0.4, -0.2) is 33.4 Å². The van der Waals surface area contributed by atoms with E-state index in [0.29, 0.717) is 31.3 Å². The Hall–Kier alpha value is -2.89. The molecule has 3 aromatic rings. The molecule has 0 bridgehead atoms. The maximum Gasteiger partial charge on any atom is 0.289 e. The Labute approximate surface area is 163 Å². The van der Waals surface area contributed by atoms with Crippen molar-refractivity contribution < 1.29 is 9.21 Å². The van der Waals surface area contributed by atoms with Crippen LogP contribution in [0.15, 0.2) is 51.9 Å². The van der Waals surface area contributed by atoms with Crippen LogP contribution < -0.4 is 5.56 Å². The third-order valence-corrected chi connectivity index (χ3v) is 5.49. The first-order valence-electron chi connectivity index (χ1n) is 9.85. The molecule has 0 aliphatic carbocycles. The van der Waals surface area contributed by atoms with Gasteiger partial charge in [-0.3, -0.25) is 14.2 Å². The predicted octanol–water partition coefficient (Wildman–Crippen LogP) is 3.67. The van der Waals surface area contributed by atoms with Gasteiger partial charge < -0.3 is 9.32 Å². The van der Waals surface area contributed by atoms with Gasteiger partial charge in [0.25, 0.3) is 11.5 Å². The van der Waals surface area contributed by atoms with Crippen molar-refractivity contribution in [1.82, 2.24) is 14.5 Å². The van der Waals surface area contributed by atoms with Crippen molar-refractivity contribution in [2.75, 3.05) is 13.1 Å². The summed E-state index contributed by atoms with van der Waals surface area (Å²) in [7, 11) is 0. The van der Waals surface area contributed by atoms with Gasteiger partial charge >= 0.3 is 0 Å². The molecule has 4 rings (SSSR count). The summed E-state index contributed by atoms with van der Waals surface area (Å²) in [6.07, 6.45) is 3.39. The Balaban J connectivity index is 1.38. The smallest absolute Gasteiger partial charge is 0.289 e. The van der Waals surface area contributed by atoms with Crippen LogP contribution in [0.3, 0.4) is 0 Å². The quantitative estimate of drug-likeness (QED) is 0.694. The average molecular weight is 379 g/mol. The molecule has 0 atom stereocenters. The summed E-state index contributed by atoms with van der Waals surface area (Å²) >= 11 is 0. The van der Waals surface area contributed by atoms with E-state index in [2.05, 4.69) is 4.98 Å². The van der Waals surface area contributed by atoms with Gasteiger partial charge in [-0.25, -0.2) is 4.98 Å². The van der Waals surface area contributed by atoms with E-state index in [0.717, 1.165) is 29.5 Å². The van der Waals surface area contributed by atoms with Crippen molar-refractivity contribution in [1.29, 1.82) is 0 Å². The number of para-hydroxylation sites is 1. The Morgan fingerprint density at radius 1 is 1.21 bits per heavy atom. The first-order chi connectivity index (χ1) is 13.5. The fraction of sp³-hybridized carbons (Fsp3) is 0.409. The van der Waals surface area contributed by atoms with Crippen molar-refractivity contribution in [3.8, 4) is 0 Å². The van der Waals surface area contributed by atoms with Crippen molar-refractivity contribution in [3.63, 3.8) is 0 Å². The van der Waals surface area contributed by atoms with Gasteiger partial charge in [-0.2, -0.15) is 0 Å². The maximum absolute atomic E-state index is 12.8. The van der Waals surface area contributed by atoms with Crippen molar-refractivity contribution in [3.05, 3.63) is 64.5 Å². The van der Waals surface area contributed by atoms with Crippen molar-refractivity contribution >= 4 is 16.9 Å². The molecule has 1 aliphatic rings. The van der Waals surface area contributed by atoms with Gasteiger partial charge in [-0.05, 0) is 36.8 Å². The molecule has 6 nitrogen and oxygen atoms in total. The van der Waals surface area contributed by atoms with E-state index in [4.69, 9.17) is 4.42 Å². The van der Waals surface area contributed by atoms with E-state index >= 15 is 0 Å². The zero-order valence-electron chi connectivity index (χ0n) is 16.3. The normalized spacial score (nSPS) is 15.5. The van der Waals surface area contributed by atoms with Crippen LogP contribution in [0.25, 0.3) is 11.0 Å². The van der Waals surface area contributed by atoms with Crippen LogP contribution in [0.4, 0.5) is 0 Å². The standard InChI is InChI=1S/C22H25N3O3/c1-15(2)18-12-21(26)25(14-23-18)13-16-7-9-24(10-8-16)22(27)20-11-17-5-3-4-6-19(17)28-20/h3-6,11-12,14-16H,7-10,13H2,1-2H3. The number of benzene rings is 1. The van der Waals surface area contributed by atoms with Crippen LogP contribution >= 0.6 is 0 Å². The topological polar surface area (TPSA) is 68.3 Å². The Bertz CT molecular complexity index is 1010. The first-order valence-corrected chi connectivity index (χ1v) is 9.85. The predicted molar refractivity (Wildman–Crippen MR) is 107 cm³/mol. The summed E-state index contributed by atoms with van der Waals surface area (Å²) in [5.74, 6) is 0.943. The zero-order chi connectivity index (χ0) is 19.7. The molecule has 0 radical (unpaired) electrons. The molecule has 1 saturated heterocycles. The summed E-state index contributed by atoms with van der Waals surface area (Å²) in [5, 5.41) is 0.942. The molecular weight excluding hydrogens is 354 g/mol. The zero-order valence-corrected chi connectivity index (χ0v) is 16.3. The number of rotatable bonds is 4. The number of nitrogens with zero attached hydrogens (tertiary/aromatic N) is 3. The third kappa shape index (κ3) is 3.72. The molecule has 0 N–H and O–H groups in total. The summed E-state index contributed by atoms with van der Waals surface area (Å²) in [6, 6.07) is 11.1. The minimum Gasteiger partial charge on any atom is -0.451 e. The van der Waals surface area contributed by atoms with Gasteiger partial charge in [-0.15, -0.1) is 0 Å². The van der Waals surface area contributed by atoms with Gasteiger partial charge in [0, 0.05) is 31.1 Å². The molecule has 0 unspecified atom stereocenters. The number of furan rings is 1. The minimum atomic E-state index is -0.0604. The number of likely N-dealkylation sites (tertiary alicyclic amines) is 1. The van der Waals surface area contributed by atoms with E-state index in [1.54, 1.807) is 17.0 Å². The highest BCUT2D eigenvalue weighted by molar-refractivity contribution is 5.96. The lowest BCUT2D eigenvalue weighted by Gasteiger charge is -2.31. The fourth-order valence-corrected chi connectivity index (χ4v) is 3.73. The molecule has 1 aromatic carbocycles. The van der Waals surface area contributed by atoms with E-state index in [-0.39, 0.29) is 17.4 Å². The number of aromatic nitrogens is 2. The molecular formula is C22H25N3O3. The number of amides is 1.